The first-order valence-electron chi connectivity index (χ1n) is 4.14. The van der Waals surface area contributed by atoms with Gasteiger partial charge in [-0.25, -0.2) is 4.79 Å². The maximum atomic E-state index is 11.0. The van der Waals surface area contributed by atoms with E-state index in [0.717, 1.165) is 24.6 Å². The molecule has 0 spiro atoms. The van der Waals surface area contributed by atoms with Gasteiger partial charge in [-0.05, 0) is 24.8 Å². The summed E-state index contributed by atoms with van der Waals surface area (Å²) < 4.78 is 0. The smallest absolute Gasteiger partial charge is 0.335 e. The third kappa shape index (κ3) is 1.61. The number of hydrogen-bond acceptors (Lipinski definition) is 2. The highest BCUT2D eigenvalue weighted by atomic mass is 16.4. The predicted molar refractivity (Wildman–Crippen MR) is 46.0 cm³/mol. The SMILES string of the molecule is O=C(O)c1cc(C2CC2)[nH]c(=O)c1. The lowest BCUT2D eigenvalue weighted by Crippen LogP contribution is -2.11. The number of pyridine rings is 1. The van der Waals surface area contributed by atoms with E-state index in [4.69, 9.17) is 5.11 Å². The van der Waals surface area contributed by atoms with E-state index in [1.54, 1.807) is 6.07 Å². The van der Waals surface area contributed by atoms with Crippen LogP contribution >= 0.6 is 0 Å². The van der Waals surface area contributed by atoms with Gasteiger partial charge < -0.3 is 10.1 Å². The predicted octanol–water partition coefficient (Wildman–Crippen LogP) is 0.950. The topological polar surface area (TPSA) is 70.2 Å². The average molecular weight is 179 g/mol. The summed E-state index contributed by atoms with van der Waals surface area (Å²) in [4.78, 5) is 24.3. The fourth-order valence-corrected chi connectivity index (χ4v) is 1.30. The number of nitrogens with one attached hydrogen (secondary N) is 1. The van der Waals surface area contributed by atoms with E-state index in [-0.39, 0.29) is 11.1 Å². The van der Waals surface area contributed by atoms with E-state index in [1.807, 2.05) is 0 Å². The van der Waals surface area contributed by atoms with Gasteiger partial charge in [0.25, 0.3) is 0 Å². The van der Waals surface area contributed by atoms with Gasteiger partial charge in [-0.1, -0.05) is 0 Å². The van der Waals surface area contributed by atoms with Crippen molar-refractivity contribution in [3.63, 3.8) is 0 Å². The van der Waals surface area contributed by atoms with E-state index in [2.05, 4.69) is 4.98 Å². The molecule has 1 aromatic rings. The molecule has 1 aliphatic carbocycles. The molecule has 0 atom stereocenters. The van der Waals surface area contributed by atoms with E-state index in [0.29, 0.717) is 5.92 Å². The Balaban J connectivity index is 2.47. The van der Waals surface area contributed by atoms with Crippen molar-refractivity contribution in [3.8, 4) is 0 Å². The lowest BCUT2D eigenvalue weighted by molar-refractivity contribution is 0.0696. The number of hydrogen-bond donors (Lipinski definition) is 2. The standard InChI is InChI=1S/C9H9NO3/c11-8-4-6(9(12)13)3-7(10-8)5-1-2-5/h3-5H,1-2H2,(H,10,11)(H,12,13). The van der Waals surface area contributed by atoms with Gasteiger partial charge >= 0.3 is 5.97 Å². The summed E-state index contributed by atoms with van der Waals surface area (Å²) in [7, 11) is 0. The van der Waals surface area contributed by atoms with E-state index in [9.17, 15) is 9.59 Å². The van der Waals surface area contributed by atoms with Crippen molar-refractivity contribution in [1.82, 2.24) is 4.98 Å². The van der Waals surface area contributed by atoms with Gasteiger partial charge in [-0.15, -0.1) is 0 Å². The molecule has 1 saturated carbocycles. The van der Waals surface area contributed by atoms with E-state index >= 15 is 0 Å². The van der Waals surface area contributed by atoms with Crippen LogP contribution in [0.4, 0.5) is 0 Å². The zero-order valence-electron chi connectivity index (χ0n) is 6.91. The number of carboxylic acids is 1. The molecule has 1 aromatic heterocycles. The molecule has 0 aromatic carbocycles. The highest BCUT2D eigenvalue weighted by molar-refractivity contribution is 5.87. The number of carbonyl (C=O) groups is 1. The number of aromatic amines is 1. The molecule has 1 aliphatic rings. The number of carboxylic acid groups (broad SMARTS) is 1. The largest absolute Gasteiger partial charge is 0.478 e. The van der Waals surface area contributed by atoms with Crippen LogP contribution in [-0.4, -0.2) is 16.1 Å². The molecule has 1 heterocycles. The summed E-state index contributed by atoms with van der Waals surface area (Å²) in [6, 6.07) is 2.65. The average Bonchev–Trinajstić information content (AvgIpc) is 2.85. The Morgan fingerprint density at radius 2 is 2.15 bits per heavy atom. The van der Waals surface area contributed by atoms with E-state index < -0.39 is 5.97 Å². The lowest BCUT2D eigenvalue weighted by atomic mass is 10.2. The summed E-state index contributed by atoms with van der Waals surface area (Å²) in [6.07, 6.45) is 2.08. The van der Waals surface area contributed by atoms with Crippen molar-refractivity contribution in [1.29, 1.82) is 0 Å². The zero-order valence-corrected chi connectivity index (χ0v) is 6.91. The zero-order chi connectivity index (χ0) is 9.42. The molecule has 0 unspecified atom stereocenters. The molecular formula is C9H9NO3. The molecule has 0 saturated heterocycles. The van der Waals surface area contributed by atoms with Crippen molar-refractivity contribution < 1.29 is 9.90 Å². The van der Waals surface area contributed by atoms with Crippen LogP contribution in [0.5, 0.6) is 0 Å². The van der Waals surface area contributed by atoms with Crippen molar-refractivity contribution in [3.05, 3.63) is 33.7 Å². The monoisotopic (exact) mass is 179 g/mol. The van der Waals surface area contributed by atoms with Crippen molar-refractivity contribution >= 4 is 5.97 Å². The third-order valence-electron chi connectivity index (χ3n) is 2.13. The molecule has 0 aliphatic heterocycles. The Labute approximate surface area is 74.2 Å². The summed E-state index contributed by atoms with van der Waals surface area (Å²) in [5.41, 5.74) is 0.498. The molecule has 13 heavy (non-hydrogen) atoms. The summed E-state index contributed by atoms with van der Waals surface area (Å²) >= 11 is 0. The Kier molecular flexibility index (Phi) is 1.69. The third-order valence-corrected chi connectivity index (χ3v) is 2.13. The van der Waals surface area contributed by atoms with Gasteiger partial charge in [0.1, 0.15) is 0 Å². The molecule has 1 fully saturated rings. The molecule has 2 rings (SSSR count). The van der Waals surface area contributed by atoms with Crippen LogP contribution in [-0.2, 0) is 0 Å². The number of H-pyrrole nitrogens is 1. The molecule has 0 amide bonds. The first kappa shape index (κ1) is 8.04. The maximum Gasteiger partial charge on any atom is 0.335 e. The van der Waals surface area contributed by atoms with Crippen LogP contribution in [0, 0.1) is 0 Å². The molecule has 4 nitrogen and oxygen atoms in total. The maximum absolute atomic E-state index is 11.0. The minimum absolute atomic E-state index is 0.0747. The van der Waals surface area contributed by atoms with Crippen LogP contribution in [0.2, 0.25) is 0 Å². The van der Waals surface area contributed by atoms with Crippen molar-refractivity contribution in [2.75, 3.05) is 0 Å². The van der Waals surface area contributed by atoms with Crippen molar-refractivity contribution in [2.45, 2.75) is 18.8 Å². The minimum atomic E-state index is -1.05. The summed E-state index contributed by atoms with van der Waals surface area (Å²) in [5.74, 6) is -0.681. The fourth-order valence-electron chi connectivity index (χ4n) is 1.30. The van der Waals surface area contributed by atoms with Crippen LogP contribution in [0.1, 0.15) is 34.8 Å². The minimum Gasteiger partial charge on any atom is -0.478 e. The molecule has 0 radical (unpaired) electrons. The lowest BCUT2D eigenvalue weighted by Gasteiger charge is -1.98. The summed E-state index contributed by atoms with van der Waals surface area (Å²) in [6.45, 7) is 0. The number of aromatic nitrogens is 1. The Bertz CT molecular complexity index is 404. The second kappa shape index (κ2) is 2.73. The van der Waals surface area contributed by atoms with Gasteiger partial charge in [0.05, 0.1) is 5.56 Å². The fraction of sp³-hybridized carbons (Fsp3) is 0.333. The Morgan fingerprint density at radius 3 is 2.69 bits per heavy atom. The van der Waals surface area contributed by atoms with Crippen LogP contribution in [0.3, 0.4) is 0 Å². The second-order valence-electron chi connectivity index (χ2n) is 3.27. The Hall–Kier alpha value is -1.58. The van der Waals surface area contributed by atoms with Crippen LogP contribution in [0.25, 0.3) is 0 Å². The molecule has 68 valence electrons. The highest BCUT2D eigenvalue weighted by Crippen LogP contribution is 2.38. The Morgan fingerprint density at radius 1 is 1.46 bits per heavy atom. The molecule has 4 heteroatoms. The molecule has 2 N–H and O–H groups in total. The highest BCUT2D eigenvalue weighted by Gasteiger charge is 2.25. The number of aromatic carboxylic acids is 1. The molecular weight excluding hydrogens is 170 g/mol. The van der Waals surface area contributed by atoms with Crippen molar-refractivity contribution in [2.24, 2.45) is 0 Å². The first-order valence-corrected chi connectivity index (χ1v) is 4.14. The van der Waals surface area contributed by atoms with Crippen LogP contribution < -0.4 is 5.56 Å². The van der Waals surface area contributed by atoms with Gasteiger partial charge in [-0.3, -0.25) is 4.79 Å². The second-order valence-corrected chi connectivity index (χ2v) is 3.27. The normalized spacial score (nSPS) is 15.7. The first-order chi connectivity index (χ1) is 6.16. The van der Waals surface area contributed by atoms with Gasteiger partial charge in [0.2, 0.25) is 5.56 Å². The van der Waals surface area contributed by atoms with Crippen LogP contribution in [0.15, 0.2) is 16.9 Å². The van der Waals surface area contributed by atoms with Gasteiger partial charge in [-0.2, -0.15) is 0 Å². The molecule has 0 bridgehead atoms. The quantitative estimate of drug-likeness (QED) is 0.710. The van der Waals surface area contributed by atoms with E-state index in [1.165, 1.54) is 0 Å². The van der Waals surface area contributed by atoms with Gasteiger partial charge in [0, 0.05) is 11.8 Å². The summed E-state index contributed by atoms with van der Waals surface area (Å²) in [5, 5.41) is 8.68. The van der Waals surface area contributed by atoms with Gasteiger partial charge in [0.15, 0.2) is 0 Å². The number of rotatable bonds is 2.